The first-order chi connectivity index (χ1) is 15.0. The highest BCUT2D eigenvalue weighted by atomic mass is 32.2. The van der Waals surface area contributed by atoms with Gasteiger partial charge in [-0.25, -0.2) is 0 Å². The fourth-order valence-corrected chi connectivity index (χ4v) is 4.20. The van der Waals surface area contributed by atoms with Crippen molar-refractivity contribution >= 4 is 35.1 Å². The van der Waals surface area contributed by atoms with E-state index in [0.717, 1.165) is 21.9 Å². The number of aromatic nitrogens is 3. The molecule has 0 atom stereocenters. The second-order valence-corrected chi connectivity index (χ2v) is 8.75. The van der Waals surface area contributed by atoms with Gasteiger partial charge in [-0.2, -0.15) is 0 Å². The van der Waals surface area contributed by atoms with Crippen LogP contribution in [0.25, 0.3) is 0 Å². The molecule has 0 spiro atoms. The molecule has 0 unspecified atom stereocenters. The van der Waals surface area contributed by atoms with Crippen molar-refractivity contribution in [3.8, 4) is 5.75 Å². The van der Waals surface area contributed by atoms with Gasteiger partial charge in [0.1, 0.15) is 12.4 Å². The van der Waals surface area contributed by atoms with Crippen molar-refractivity contribution in [2.24, 2.45) is 0 Å². The van der Waals surface area contributed by atoms with E-state index in [1.165, 1.54) is 17.3 Å². The third kappa shape index (κ3) is 6.38. The molecule has 3 rings (SSSR count). The van der Waals surface area contributed by atoms with E-state index in [0.29, 0.717) is 24.1 Å². The summed E-state index contributed by atoms with van der Waals surface area (Å²) in [6, 6.07) is 13.8. The second-order valence-electron chi connectivity index (χ2n) is 6.92. The minimum atomic E-state index is -0.0931. The summed E-state index contributed by atoms with van der Waals surface area (Å²) in [7, 11) is 0. The zero-order chi connectivity index (χ0) is 22.2. The summed E-state index contributed by atoms with van der Waals surface area (Å²) in [6.45, 7) is 8.72. The number of thioether (sulfide) groups is 2. The number of allylic oxidation sites excluding steroid dienone is 1. The Morgan fingerprint density at radius 2 is 2.06 bits per heavy atom. The van der Waals surface area contributed by atoms with Crippen LogP contribution in [0.2, 0.25) is 0 Å². The first-order valence-corrected chi connectivity index (χ1v) is 12.0. The van der Waals surface area contributed by atoms with Crippen LogP contribution in [0.1, 0.15) is 17.0 Å². The van der Waals surface area contributed by atoms with Gasteiger partial charge in [-0.3, -0.25) is 9.36 Å². The lowest BCUT2D eigenvalue weighted by atomic mass is 10.1. The molecule has 1 aromatic heterocycles. The molecule has 1 heterocycles. The number of hydrogen-bond donors (Lipinski definition) is 1. The molecule has 0 saturated carbocycles. The van der Waals surface area contributed by atoms with E-state index < -0.39 is 0 Å². The number of hydrogen-bond acceptors (Lipinski definition) is 6. The Morgan fingerprint density at radius 1 is 1.23 bits per heavy atom. The van der Waals surface area contributed by atoms with Gasteiger partial charge in [0.15, 0.2) is 11.0 Å². The number of benzene rings is 2. The average molecular weight is 455 g/mol. The van der Waals surface area contributed by atoms with E-state index in [9.17, 15) is 4.79 Å². The number of ether oxygens (including phenoxy) is 1. The molecule has 0 aliphatic carbocycles. The number of amides is 1. The number of carbonyl (C=O) groups is 1. The average Bonchev–Trinajstić information content (AvgIpc) is 3.13. The highest BCUT2D eigenvalue weighted by Gasteiger charge is 2.15. The maximum atomic E-state index is 12.4. The maximum absolute atomic E-state index is 12.4. The Balaban J connectivity index is 1.62. The molecular weight excluding hydrogens is 428 g/mol. The molecular formula is C23H26N4O2S2. The summed E-state index contributed by atoms with van der Waals surface area (Å²) >= 11 is 2.98. The summed E-state index contributed by atoms with van der Waals surface area (Å²) in [6.07, 6.45) is 3.78. The highest BCUT2D eigenvalue weighted by Crippen LogP contribution is 2.23. The molecule has 1 N–H and O–H groups in total. The number of nitrogens with zero attached hydrogens (tertiary/aromatic N) is 3. The molecule has 8 heteroatoms. The van der Waals surface area contributed by atoms with Gasteiger partial charge in [0.05, 0.1) is 5.75 Å². The summed E-state index contributed by atoms with van der Waals surface area (Å²) in [4.78, 5) is 13.5. The highest BCUT2D eigenvalue weighted by molar-refractivity contribution is 7.99. The van der Waals surface area contributed by atoms with E-state index in [1.807, 2.05) is 54.1 Å². The van der Waals surface area contributed by atoms with Gasteiger partial charge in [0.2, 0.25) is 5.91 Å². The molecule has 31 heavy (non-hydrogen) atoms. The first kappa shape index (κ1) is 23.0. The van der Waals surface area contributed by atoms with Gasteiger partial charge in [-0.15, -0.1) is 28.5 Å². The van der Waals surface area contributed by atoms with Gasteiger partial charge in [-0.1, -0.05) is 41.6 Å². The molecule has 1 amide bonds. The molecule has 2 aromatic carbocycles. The quantitative estimate of drug-likeness (QED) is 0.339. The van der Waals surface area contributed by atoms with Crippen LogP contribution in [0.5, 0.6) is 5.75 Å². The van der Waals surface area contributed by atoms with Crippen molar-refractivity contribution in [2.75, 3.05) is 17.3 Å². The van der Waals surface area contributed by atoms with Gasteiger partial charge in [0, 0.05) is 17.1 Å². The van der Waals surface area contributed by atoms with Crippen molar-refractivity contribution in [2.45, 2.75) is 37.1 Å². The lowest BCUT2D eigenvalue weighted by Gasteiger charge is -2.11. The van der Waals surface area contributed by atoms with E-state index >= 15 is 0 Å². The van der Waals surface area contributed by atoms with E-state index in [1.54, 1.807) is 17.8 Å². The third-order valence-electron chi connectivity index (χ3n) is 4.48. The summed E-state index contributed by atoms with van der Waals surface area (Å²) in [5, 5.41) is 12.1. The number of nitrogens with one attached hydrogen (secondary N) is 1. The van der Waals surface area contributed by atoms with Gasteiger partial charge in [0.25, 0.3) is 0 Å². The molecule has 3 aromatic rings. The predicted molar refractivity (Wildman–Crippen MR) is 128 cm³/mol. The molecule has 0 bridgehead atoms. The van der Waals surface area contributed by atoms with Crippen LogP contribution in [0.4, 0.5) is 5.69 Å². The first-order valence-electron chi connectivity index (χ1n) is 9.80. The van der Waals surface area contributed by atoms with Crippen LogP contribution >= 0.6 is 23.5 Å². The van der Waals surface area contributed by atoms with Gasteiger partial charge in [-0.05, 0) is 49.9 Å². The summed E-state index contributed by atoms with van der Waals surface area (Å²) in [5.74, 6) is 1.65. The number of aryl methyl sites for hydroxylation is 2. The fourth-order valence-electron chi connectivity index (χ4n) is 2.98. The monoisotopic (exact) mass is 454 g/mol. The lowest BCUT2D eigenvalue weighted by molar-refractivity contribution is -0.113. The Bertz CT molecular complexity index is 1070. The van der Waals surface area contributed by atoms with Crippen LogP contribution in [0.15, 0.2) is 65.2 Å². The van der Waals surface area contributed by atoms with Crippen molar-refractivity contribution in [3.05, 3.63) is 72.1 Å². The molecule has 0 radical (unpaired) electrons. The van der Waals surface area contributed by atoms with Crippen LogP contribution < -0.4 is 10.1 Å². The molecule has 0 aliphatic rings. The molecule has 0 aliphatic heterocycles. The number of anilines is 1. The smallest absolute Gasteiger partial charge is 0.234 e. The minimum absolute atomic E-state index is 0.0931. The van der Waals surface area contributed by atoms with Crippen LogP contribution in [-0.2, 0) is 17.9 Å². The maximum Gasteiger partial charge on any atom is 0.234 e. The van der Waals surface area contributed by atoms with Gasteiger partial charge >= 0.3 is 0 Å². The fraction of sp³-hybridized carbons (Fsp3) is 0.261. The zero-order valence-electron chi connectivity index (χ0n) is 17.9. The predicted octanol–water partition coefficient (Wildman–Crippen LogP) is 5.11. The second kappa shape index (κ2) is 11.1. The molecule has 0 fully saturated rings. The number of carbonyl (C=O) groups excluding carboxylic acids is 1. The Labute approximate surface area is 191 Å². The van der Waals surface area contributed by atoms with E-state index in [4.69, 9.17) is 4.74 Å². The lowest BCUT2D eigenvalue weighted by Crippen LogP contribution is -2.15. The van der Waals surface area contributed by atoms with Crippen molar-refractivity contribution in [3.63, 3.8) is 0 Å². The molecule has 162 valence electrons. The zero-order valence-corrected chi connectivity index (χ0v) is 19.6. The number of rotatable bonds is 10. The van der Waals surface area contributed by atoms with Crippen LogP contribution in [0.3, 0.4) is 0 Å². The minimum Gasteiger partial charge on any atom is -0.485 e. The largest absolute Gasteiger partial charge is 0.485 e. The van der Waals surface area contributed by atoms with E-state index in [-0.39, 0.29) is 11.7 Å². The molecule has 0 saturated heterocycles. The van der Waals surface area contributed by atoms with Gasteiger partial charge < -0.3 is 10.1 Å². The topological polar surface area (TPSA) is 69.0 Å². The SMILES string of the molecule is C=CCn1c(COc2ccc(C)cc2C)nnc1SCC(=O)Nc1cccc(SC)c1. The standard InChI is InChI=1S/C23H26N4O2S2/c1-5-11-27-21(14-29-20-10-9-16(2)12-17(20)3)25-26-23(27)31-15-22(28)24-18-7-6-8-19(13-18)30-4/h5-10,12-13H,1,11,14-15H2,2-4H3,(H,24,28). The molecule has 6 nitrogen and oxygen atoms in total. The van der Waals surface area contributed by atoms with Crippen molar-refractivity contribution in [1.82, 2.24) is 14.8 Å². The summed E-state index contributed by atoms with van der Waals surface area (Å²) < 4.78 is 7.88. The van der Waals surface area contributed by atoms with Crippen molar-refractivity contribution < 1.29 is 9.53 Å². The van der Waals surface area contributed by atoms with Crippen LogP contribution in [0, 0.1) is 13.8 Å². The summed E-state index contributed by atoms with van der Waals surface area (Å²) in [5.41, 5.74) is 3.05. The normalized spacial score (nSPS) is 10.7. The van der Waals surface area contributed by atoms with Crippen LogP contribution in [-0.4, -0.2) is 32.7 Å². The Hall–Kier alpha value is -2.71. The van der Waals surface area contributed by atoms with E-state index in [2.05, 4.69) is 35.1 Å². The Kier molecular flexibility index (Phi) is 8.20. The Morgan fingerprint density at radius 3 is 2.81 bits per heavy atom. The van der Waals surface area contributed by atoms with Crippen molar-refractivity contribution in [1.29, 1.82) is 0 Å². The third-order valence-corrected chi connectivity index (χ3v) is 6.17.